The number of para-hydroxylation sites is 1. The number of fused-ring (bicyclic) bond motifs is 9. The minimum atomic E-state index is -1.25. The highest BCUT2D eigenvalue weighted by Crippen LogP contribution is 2.69. The van der Waals surface area contributed by atoms with Crippen LogP contribution >= 0.6 is 0 Å². The maximum absolute atomic E-state index is 13.0. The van der Waals surface area contributed by atoms with Crippen molar-refractivity contribution >= 4 is 16.7 Å². The third-order valence-electron chi connectivity index (χ3n) is 9.74. The van der Waals surface area contributed by atoms with Gasteiger partial charge in [-0.15, -0.1) is 0 Å². The second-order valence-electron chi connectivity index (χ2n) is 11.6. The number of carbonyl (C=O) groups is 1. The van der Waals surface area contributed by atoms with Gasteiger partial charge in [0.05, 0.1) is 17.3 Å². The van der Waals surface area contributed by atoms with Crippen molar-refractivity contribution in [2.24, 2.45) is 11.3 Å². The zero-order valence-electron chi connectivity index (χ0n) is 19.4. The number of H-pyrrole nitrogens is 1. The number of ketones is 1. The van der Waals surface area contributed by atoms with Gasteiger partial charge in [-0.1, -0.05) is 32.0 Å². The van der Waals surface area contributed by atoms with E-state index < -0.39 is 22.7 Å². The molecular weight excluding hydrogens is 402 g/mol. The quantitative estimate of drug-likeness (QED) is 0.633. The van der Waals surface area contributed by atoms with Crippen LogP contribution in [0.2, 0.25) is 0 Å². The molecule has 5 nitrogen and oxygen atoms in total. The molecule has 2 saturated carbocycles. The molecule has 32 heavy (non-hydrogen) atoms. The lowest BCUT2D eigenvalue weighted by Crippen LogP contribution is -2.68. The fourth-order valence-corrected chi connectivity index (χ4v) is 7.82. The molecule has 1 aromatic carbocycles. The molecule has 0 amide bonds. The smallest absolute Gasteiger partial charge is 0.187 e. The van der Waals surface area contributed by atoms with Gasteiger partial charge in [-0.05, 0) is 75.1 Å². The molecule has 1 aromatic heterocycles. The summed E-state index contributed by atoms with van der Waals surface area (Å²) in [6.07, 6.45) is 4.51. The summed E-state index contributed by atoms with van der Waals surface area (Å²) in [4.78, 5) is 16.7. The zero-order valence-corrected chi connectivity index (χ0v) is 19.4. The topological polar surface area (TPSA) is 82.5 Å². The van der Waals surface area contributed by atoms with E-state index in [0.717, 1.165) is 36.8 Å². The Hall–Kier alpha value is -1.95. The van der Waals surface area contributed by atoms with Crippen LogP contribution in [0.15, 0.2) is 35.9 Å². The van der Waals surface area contributed by atoms with E-state index in [9.17, 15) is 15.0 Å². The SMILES string of the molecule is CC(C)(O)C1O[C@@H]2CC[C@@]3(C)[C@](O)(CC[C@H]4Cc5c([nH]c6ccccc56)[C@]43C)C2=CC1=O. The van der Waals surface area contributed by atoms with Crippen LogP contribution in [0.1, 0.15) is 64.6 Å². The Balaban J connectivity index is 1.50. The summed E-state index contributed by atoms with van der Waals surface area (Å²) in [5, 5.41) is 24.1. The molecule has 0 bridgehead atoms. The van der Waals surface area contributed by atoms with Gasteiger partial charge in [-0.3, -0.25) is 4.79 Å². The number of rotatable bonds is 1. The molecule has 1 aliphatic heterocycles. The Morgan fingerprint density at radius 3 is 2.66 bits per heavy atom. The first-order chi connectivity index (χ1) is 15.0. The number of nitrogens with one attached hydrogen (secondary N) is 1. The number of carbonyl (C=O) groups excluding carboxylic acids is 1. The first-order valence-electron chi connectivity index (χ1n) is 12.0. The Kier molecular flexibility index (Phi) is 3.96. The Labute approximate surface area is 188 Å². The highest BCUT2D eigenvalue weighted by atomic mass is 16.5. The number of hydrogen-bond acceptors (Lipinski definition) is 4. The van der Waals surface area contributed by atoms with Gasteiger partial charge in [0.25, 0.3) is 0 Å². The first kappa shape index (κ1) is 20.6. The Bertz CT molecular complexity index is 1170. The van der Waals surface area contributed by atoms with Gasteiger partial charge >= 0.3 is 0 Å². The summed E-state index contributed by atoms with van der Waals surface area (Å²) in [5.74, 6) is 0.214. The van der Waals surface area contributed by atoms with Crippen LogP contribution in [0.25, 0.3) is 10.9 Å². The third kappa shape index (κ3) is 2.27. The summed E-state index contributed by atoms with van der Waals surface area (Å²) in [7, 11) is 0. The van der Waals surface area contributed by atoms with Crippen LogP contribution in [0.4, 0.5) is 0 Å². The molecule has 3 aliphatic carbocycles. The average molecular weight is 436 g/mol. The van der Waals surface area contributed by atoms with E-state index >= 15 is 0 Å². The second kappa shape index (κ2) is 6.13. The van der Waals surface area contributed by atoms with Crippen LogP contribution in [-0.2, 0) is 21.4 Å². The lowest BCUT2D eigenvalue weighted by molar-refractivity contribution is -0.195. The number of aliphatic hydroxyl groups is 2. The van der Waals surface area contributed by atoms with E-state index in [2.05, 4.69) is 43.1 Å². The van der Waals surface area contributed by atoms with Crippen molar-refractivity contribution in [2.75, 3.05) is 0 Å². The molecular formula is C27H33NO4. The molecule has 1 unspecified atom stereocenters. The fourth-order valence-electron chi connectivity index (χ4n) is 7.82. The average Bonchev–Trinajstić information content (AvgIpc) is 3.24. The standard InChI is InChI=1S/C27H33NO4/c1-24(2,30)23-20(29)14-18-21(32-23)10-11-25(3)26(4)15(9-12-27(18,25)31)13-17-16-7-5-6-8-19(16)28-22(17)26/h5-8,14-15,21,23,28,30-31H,9-13H2,1-4H3/t15-,21+,23?,25+,26-,27-/m0/s1. The van der Waals surface area contributed by atoms with Crippen molar-refractivity contribution in [2.45, 2.75) is 88.6 Å². The molecule has 2 aromatic rings. The lowest BCUT2D eigenvalue weighted by Gasteiger charge is -2.64. The maximum atomic E-state index is 13.0. The van der Waals surface area contributed by atoms with Gasteiger partial charge in [0, 0.05) is 27.4 Å². The predicted octanol–water partition coefficient (Wildman–Crippen LogP) is 3.96. The van der Waals surface area contributed by atoms with Gasteiger partial charge in [0.1, 0.15) is 6.10 Å². The Morgan fingerprint density at radius 1 is 1.16 bits per heavy atom. The number of hydrogen-bond donors (Lipinski definition) is 3. The monoisotopic (exact) mass is 435 g/mol. The largest absolute Gasteiger partial charge is 0.387 e. The van der Waals surface area contributed by atoms with Crippen LogP contribution in [-0.4, -0.2) is 44.4 Å². The Morgan fingerprint density at radius 2 is 1.91 bits per heavy atom. The molecule has 2 fully saturated rings. The van der Waals surface area contributed by atoms with Gasteiger partial charge in [0.2, 0.25) is 0 Å². The second-order valence-corrected chi connectivity index (χ2v) is 11.6. The van der Waals surface area contributed by atoms with Gasteiger partial charge in [-0.25, -0.2) is 0 Å². The zero-order chi connectivity index (χ0) is 22.7. The van der Waals surface area contributed by atoms with E-state index in [1.165, 1.54) is 16.6 Å². The predicted molar refractivity (Wildman–Crippen MR) is 122 cm³/mol. The summed E-state index contributed by atoms with van der Waals surface area (Å²) in [6, 6.07) is 8.49. The fraction of sp³-hybridized carbons (Fsp3) is 0.593. The van der Waals surface area contributed by atoms with Crippen LogP contribution in [0.5, 0.6) is 0 Å². The molecule has 6 rings (SSSR count). The minimum Gasteiger partial charge on any atom is -0.387 e. The van der Waals surface area contributed by atoms with Crippen LogP contribution in [0.3, 0.4) is 0 Å². The van der Waals surface area contributed by atoms with Gasteiger partial charge in [-0.2, -0.15) is 0 Å². The normalized spacial score (nSPS) is 41.0. The van der Waals surface area contributed by atoms with Crippen molar-refractivity contribution in [3.8, 4) is 0 Å². The van der Waals surface area contributed by atoms with E-state index in [1.54, 1.807) is 19.9 Å². The number of ether oxygens (including phenoxy) is 1. The number of aromatic nitrogens is 1. The molecule has 6 atom stereocenters. The highest BCUT2D eigenvalue weighted by Gasteiger charge is 2.70. The van der Waals surface area contributed by atoms with Gasteiger partial charge < -0.3 is 19.9 Å². The van der Waals surface area contributed by atoms with Crippen LogP contribution < -0.4 is 0 Å². The highest BCUT2D eigenvalue weighted by molar-refractivity contribution is 5.96. The summed E-state index contributed by atoms with van der Waals surface area (Å²) in [5.41, 5.74) is 1.53. The number of benzene rings is 1. The molecule has 170 valence electrons. The molecule has 0 spiro atoms. The van der Waals surface area contributed by atoms with Crippen LogP contribution in [0, 0.1) is 11.3 Å². The van der Waals surface area contributed by atoms with E-state index in [1.807, 2.05) is 0 Å². The summed E-state index contributed by atoms with van der Waals surface area (Å²) in [6.45, 7) is 7.77. The minimum absolute atomic E-state index is 0.226. The molecule has 3 N–H and O–H groups in total. The number of aromatic amines is 1. The van der Waals surface area contributed by atoms with Crippen molar-refractivity contribution in [1.82, 2.24) is 4.98 Å². The van der Waals surface area contributed by atoms with E-state index in [4.69, 9.17) is 4.74 Å². The van der Waals surface area contributed by atoms with Crippen molar-refractivity contribution in [1.29, 1.82) is 0 Å². The molecule has 2 heterocycles. The lowest BCUT2D eigenvalue weighted by atomic mass is 9.42. The molecule has 0 saturated heterocycles. The third-order valence-corrected chi connectivity index (χ3v) is 9.74. The summed E-state index contributed by atoms with van der Waals surface area (Å²) < 4.78 is 6.15. The molecule has 5 heteroatoms. The van der Waals surface area contributed by atoms with Crippen molar-refractivity contribution < 1.29 is 19.7 Å². The first-order valence-corrected chi connectivity index (χ1v) is 12.0. The molecule has 4 aliphatic rings. The van der Waals surface area contributed by atoms with Crippen molar-refractivity contribution in [3.05, 3.63) is 47.2 Å². The maximum Gasteiger partial charge on any atom is 0.187 e. The summed E-state index contributed by atoms with van der Waals surface area (Å²) >= 11 is 0. The van der Waals surface area contributed by atoms with E-state index in [0.29, 0.717) is 12.3 Å². The van der Waals surface area contributed by atoms with E-state index in [-0.39, 0.29) is 17.3 Å². The van der Waals surface area contributed by atoms with Gasteiger partial charge in [0.15, 0.2) is 5.78 Å². The molecule has 0 radical (unpaired) electrons. The van der Waals surface area contributed by atoms with Crippen molar-refractivity contribution in [3.63, 3.8) is 0 Å².